The van der Waals surface area contributed by atoms with Gasteiger partial charge in [0.2, 0.25) is 11.0 Å². The van der Waals surface area contributed by atoms with Crippen LogP contribution in [0, 0.1) is 0 Å². The van der Waals surface area contributed by atoms with E-state index in [0.717, 1.165) is 16.6 Å². The lowest BCUT2D eigenvalue weighted by molar-refractivity contribution is -0.114. The Labute approximate surface area is 162 Å². The monoisotopic (exact) mass is 394 g/mol. The lowest BCUT2D eigenvalue weighted by Crippen LogP contribution is -2.07. The minimum absolute atomic E-state index is 0.0522. The fourth-order valence-corrected chi connectivity index (χ4v) is 3.44. The smallest absolute Gasteiger partial charge is 0.335 e. The normalized spacial score (nSPS) is 10.8. The number of fused-ring (bicyclic) bond motifs is 1. The summed E-state index contributed by atoms with van der Waals surface area (Å²) in [5, 5.41) is 32.3. The lowest BCUT2D eigenvalue weighted by Gasteiger charge is -2.06. The number of nitrogens with one attached hydrogen (secondary N) is 3. The van der Waals surface area contributed by atoms with Gasteiger partial charge >= 0.3 is 5.97 Å². The van der Waals surface area contributed by atoms with Crippen LogP contribution in [-0.4, -0.2) is 37.4 Å². The predicted octanol–water partition coefficient (Wildman–Crippen LogP) is 3.48. The van der Waals surface area contributed by atoms with Gasteiger partial charge in [-0.25, -0.2) is 4.79 Å². The highest BCUT2D eigenvalue weighted by Crippen LogP contribution is 2.31. The molecule has 140 valence electrons. The number of benzene rings is 2. The number of carbonyl (C=O) groups excluding carboxylic acids is 1. The molecule has 4 aromatic rings. The van der Waals surface area contributed by atoms with Gasteiger partial charge in [-0.2, -0.15) is 5.10 Å². The zero-order valence-electron chi connectivity index (χ0n) is 14.6. The molecular formula is C18H14N6O3S. The van der Waals surface area contributed by atoms with Crippen molar-refractivity contribution >= 4 is 50.6 Å². The van der Waals surface area contributed by atoms with Crippen molar-refractivity contribution in [2.24, 2.45) is 0 Å². The molecule has 2 aromatic heterocycles. The Balaban J connectivity index is 1.63. The van der Waals surface area contributed by atoms with Crippen LogP contribution in [0.15, 0.2) is 42.6 Å². The van der Waals surface area contributed by atoms with E-state index in [4.69, 9.17) is 0 Å². The maximum atomic E-state index is 11.4. The molecule has 0 bridgehead atoms. The first kappa shape index (κ1) is 17.6. The summed E-state index contributed by atoms with van der Waals surface area (Å²) >= 11 is 1.27. The number of amides is 1. The summed E-state index contributed by atoms with van der Waals surface area (Å²) in [6.07, 6.45) is 1.73. The Morgan fingerprint density at radius 2 is 1.96 bits per heavy atom. The average Bonchev–Trinajstić information content (AvgIpc) is 3.29. The Morgan fingerprint density at radius 1 is 1.11 bits per heavy atom. The van der Waals surface area contributed by atoms with Crippen LogP contribution in [0.25, 0.3) is 21.5 Å². The first-order valence-electron chi connectivity index (χ1n) is 8.18. The van der Waals surface area contributed by atoms with E-state index in [0.29, 0.717) is 21.4 Å². The molecule has 0 saturated heterocycles. The van der Waals surface area contributed by atoms with Crippen molar-refractivity contribution in [1.29, 1.82) is 0 Å². The molecule has 2 heterocycles. The summed E-state index contributed by atoms with van der Waals surface area (Å²) in [5.74, 6) is -1.38. The van der Waals surface area contributed by atoms with Gasteiger partial charge in [0.1, 0.15) is 5.01 Å². The average molecular weight is 394 g/mol. The van der Waals surface area contributed by atoms with Crippen molar-refractivity contribution in [2.45, 2.75) is 6.92 Å². The molecule has 0 aliphatic carbocycles. The molecule has 9 nitrogen and oxygen atoms in total. The summed E-state index contributed by atoms with van der Waals surface area (Å²) in [6, 6.07) is 10.3. The fourth-order valence-electron chi connectivity index (χ4n) is 2.68. The minimum Gasteiger partial charge on any atom is -0.478 e. The summed E-state index contributed by atoms with van der Waals surface area (Å²) in [6.45, 7) is 1.36. The molecule has 0 fully saturated rings. The number of carboxylic acids is 1. The van der Waals surface area contributed by atoms with Crippen molar-refractivity contribution in [1.82, 2.24) is 20.4 Å². The molecule has 0 aliphatic heterocycles. The maximum absolute atomic E-state index is 11.4. The molecule has 0 radical (unpaired) electrons. The fraction of sp³-hybridized carbons (Fsp3) is 0.0556. The minimum atomic E-state index is -1.09. The summed E-state index contributed by atoms with van der Waals surface area (Å²) < 4.78 is 0. The van der Waals surface area contributed by atoms with Crippen LogP contribution in [0.4, 0.5) is 16.5 Å². The number of aromatic amines is 1. The molecule has 4 N–H and O–H groups in total. The van der Waals surface area contributed by atoms with E-state index in [1.54, 1.807) is 12.3 Å². The molecule has 28 heavy (non-hydrogen) atoms. The van der Waals surface area contributed by atoms with E-state index >= 15 is 0 Å². The molecule has 1 amide bonds. The van der Waals surface area contributed by atoms with Crippen LogP contribution >= 0.6 is 11.3 Å². The zero-order valence-corrected chi connectivity index (χ0v) is 15.4. The van der Waals surface area contributed by atoms with Crippen LogP contribution in [-0.2, 0) is 4.79 Å². The highest BCUT2D eigenvalue weighted by atomic mass is 32.1. The molecule has 0 unspecified atom stereocenters. The molecule has 10 heteroatoms. The maximum Gasteiger partial charge on any atom is 0.335 e. The SMILES string of the molecule is CC(=O)Nc1cc(C(=O)O)cc(-c2nnc(Nc3ccc4[nH]ncc4c3)s2)c1. The Morgan fingerprint density at radius 3 is 2.75 bits per heavy atom. The second-order valence-electron chi connectivity index (χ2n) is 5.99. The van der Waals surface area contributed by atoms with Crippen LogP contribution < -0.4 is 10.6 Å². The van der Waals surface area contributed by atoms with Gasteiger partial charge in [0, 0.05) is 29.2 Å². The quantitative estimate of drug-likeness (QED) is 0.407. The number of rotatable bonds is 5. The van der Waals surface area contributed by atoms with Crippen molar-refractivity contribution in [2.75, 3.05) is 10.6 Å². The second kappa shape index (κ2) is 7.08. The second-order valence-corrected chi connectivity index (χ2v) is 6.97. The highest BCUT2D eigenvalue weighted by molar-refractivity contribution is 7.18. The van der Waals surface area contributed by atoms with E-state index in [-0.39, 0.29) is 11.5 Å². The van der Waals surface area contributed by atoms with E-state index in [1.807, 2.05) is 18.2 Å². The van der Waals surface area contributed by atoms with Crippen LogP contribution in [0.1, 0.15) is 17.3 Å². The van der Waals surface area contributed by atoms with E-state index in [1.165, 1.54) is 30.4 Å². The molecule has 2 aromatic carbocycles. The van der Waals surface area contributed by atoms with Gasteiger partial charge in [0.25, 0.3) is 0 Å². The Bertz CT molecular complexity index is 1200. The number of carbonyl (C=O) groups is 2. The van der Waals surface area contributed by atoms with Gasteiger partial charge in [0.05, 0.1) is 17.3 Å². The molecule has 0 saturated carbocycles. The number of anilines is 3. The van der Waals surface area contributed by atoms with Crippen LogP contribution in [0.2, 0.25) is 0 Å². The first-order valence-corrected chi connectivity index (χ1v) is 8.99. The Hall–Kier alpha value is -3.79. The summed E-state index contributed by atoms with van der Waals surface area (Å²) in [5.41, 5.74) is 2.75. The third-order valence-corrected chi connectivity index (χ3v) is 4.75. The van der Waals surface area contributed by atoms with Crippen molar-refractivity contribution in [3.8, 4) is 10.6 Å². The van der Waals surface area contributed by atoms with Gasteiger partial charge in [-0.15, -0.1) is 10.2 Å². The number of aromatic carboxylic acids is 1. The molecule has 4 rings (SSSR count). The number of nitrogens with zero attached hydrogens (tertiary/aromatic N) is 3. The summed E-state index contributed by atoms with van der Waals surface area (Å²) in [4.78, 5) is 22.7. The van der Waals surface area contributed by atoms with E-state index in [2.05, 4.69) is 31.0 Å². The van der Waals surface area contributed by atoms with Crippen molar-refractivity contribution in [3.05, 3.63) is 48.2 Å². The molecule has 0 spiro atoms. The molecular weight excluding hydrogens is 380 g/mol. The number of H-pyrrole nitrogens is 1. The topological polar surface area (TPSA) is 133 Å². The number of carboxylic acid groups (broad SMARTS) is 1. The zero-order chi connectivity index (χ0) is 19.7. The van der Waals surface area contributed by atoms with E-state index < -0.39 is 5.97 Å². The van der Waals surface area contributed by atoms with Crippen molar-refractivity contribution in [3.63, 3.8) is 0 Å². The largest absolute Gasteiger partial charge is 0.478 e. The van der Waals surface area contributed by atoms with Gasteiger partial charge in [-0.3, -0.25) is 9.89 Å². The number of hydrogen-bond donors (Lipinski definition) is 4. The van der Waals surface area contributed by atoms with Gasteiger partial charge in [0.15, 0.2) is 0 Å². The van der Waals surface area contributed by atoms with Gasteiger partial charge in [-0.1, -0.05) is 11.3 Å². The number of aromatic nitrogens is 4. The molecule has 0 atom stereocenters. The van der Waals surface area contributed by atoms with Gasteiger partial charge < -0.3 is 15.7 Å². The predicted molar refractivity (Wildman–Crippen MR) is 106 cm³/mol. The van der Waals surface area contributed by atoms with Crippen molar-refractivity contribution < 1.29 is 14.7 Å². The number of hydrogen-bond acceptors (Lipinski definition) is 7. The van der Waals surface area contributed by atoms with E-state index in [9.17, 15) is 14.7 Å². The lowest BCUT2D eigenvalue weighted by atomic mass is 10.1. The van der Waals surface area contributed by atoms with Crippen LogP contribution in [0.3, 0.4) is 0 Å². The standard InChI is InChI=1S/C18H14N6O3S/c1-9(25)20-14-5-10(4-11(6-14)17(26)27)16-23-24-18(28-16)21-13-2-3-15-12(7-13)8-19-22-15/h2-8H,1H3,(H,19,22)(H,20,25)(H,21,24)(H,26,27). The van der Waals surface area contributed by atoms with Crippen LogP contribution in [0.5, 0.6) is 0 Å². The first-order chi connectivity index (χ1) is 13.5. The third-order valence-electron chi connectivity index (χ3n) is 3.86. The highest BCUT2D eigenvalue weighted by Gasteiger charge is 2.13. The van der Waals surface area contributed by atoms with Gasteiger partial charge in [-0.05, 0) is 36.4 Å². The third kappa shape index (κ3) is 3.67. The Kier molecular flexibility index (Phi) is 4.45. The molecule has 0 aliphatic rings. The summed E-state index contributed by atoms with van der Waals surface area (Å²) in [7, 11) is 0.